The van der Waals surface area contributed by atoms with Crippen LogP contribution in [0, 0.1) is 6.92 Å². The van der Waals surface area contributed by atoms with Crippen molar-refractivity contribution in [2.75, 3.05) is 11.9 Å². The quantitative estimate of drug-likeness (QED) is 0.844. The summed E-state index contributed by atoms with van der Waals surface area (Å²) in [5.41, 5.74) is 1.23. The van der Waals surface area contributed by atoms with E-state index < -0.39 is 5.54 Å². The van der Waals surface area contributed by atoms with E-state index in [1.54, 1.807) is 6.20 Å². The summed E-state index contributed by atoms with van der Waals surface area (Å²) in [6.45, 7) is 3.75. The average molecular weight is 278 g/mol. The van der Waals surface area contributed by atoms with Gasteiger partial charge in [0, 0.05) is 11.8 Å². The predicted molar refractivity (Wildman–Crippen MR) is 76.3 cm³/mol. The third-order valence-corrected chi connectivity index (χ3v) is 3.25. The van der Waals surface area contributed by atoms with Gasteiger partial charge in [0.05, 0.1) is 12.1 Å². The summed E-state index contributed by atoms with van der Waals surface area (Å²) in [5.74, 6) is 0.625. The SMILES string of the molecule is Cc1cnc(Cl)nc1NC(C)(CO)c1ccccc1. The molecule has 1 heterocycles. The Bertz CT molecular complexity index is 562. The third-order valence-electron chi connectivity index (χ3n) is 3.06. The molecule has 2 rings (SSSR count). The largest absolute Gasteiger partial charge is 0.394 e. The van der Waals surface area contributed by atoms with Crippen molar-refractivity contribution in [1.82, 2.24) is 9.97 Å². The van der Waals surface area contributed by atoms with Crippen LogP contribution in [0.15, 0.2) is 36.5 Å². The van der Waals surface area contributed by atoms with Crippen LogP contribution in [-0.2, 0) is 5.54 Å². The number of benzene rings is 1. The second kappa shape index (κ2) is 5.55. The molecule has 0 saturated carbocycles. The molecule has 2 aromatic rings. The van der Waals surface area contributed by atoms with Gasteiger partial charge in [-0.15, -0.1) is 0 Å². The molecule has 0 aliphatic rings. The Hall–Kier alpha value is -1.65. The summed E-state index contributed by atoms with van der Waals surface area (Å²) in [6, 6.07) is 9.73. The second-order valence-corrected chi connectivity index (χ2v) is 4.99. The van der Waals surface area contributed by atoms with E-state index in [1.165, 1.54) is 0 Å². The molecule has 1 aromatic heterocycles. The van der Waals surface area contributed by atoms with Crippen LogP contribution in [0.2, 0.25) is 5.28 Å². The van der Waals surface area contributed by atoms with E-state index in [0.717, 1.165) is 11.1 Å². The lowest BCUT2D eigenvalue weighted by Gasteiger charge is -2.30. The van der Waals surface area contributed by atoms with E-state index >= 15 is 0 Å². The number of anilines is 1. The number of aromatic nitrogens is 2. The Morgan fingerprint density at radius 2 is 2.00 bits per heavy atom. The molecular weight excluding hydrogens is 262 g/mol. The number of aryl methyl sites for hydroxylation is 1. The fourth-order valence-corrected chi connectivity index (χ4v) is 1.95. The molecule has 0 aliphatic heterocycles. The van der Waals surface area contributed by atoms with Crippen LogP contribution < -0.4 is 5.32 Å². The molecule has 0 saturated heterocycles. The Labute approximate surface area is 117 Å². The highest BCUT2D eigenvalue weighted by molar-refractivity contribution is 6.28. The van der Waals surface area contributed by atoms with Gasteiger partial charge in [0.1, 0.15) is 5.82 Å². The summed E-state index contributed by atoms with van der Waals surface area (Å²) in [6.07, 6.45) is 1.65. The predicted octanol–water partition coefficient (Wildman–Crippen LogP) is 2.76. The van der Waals surface area contributed by atoms with Crippen LogP contribution in [0.5, 0.6) is 0 Å². The zero-order chi connectivity index (χ0) is 13.9. The van der Waals surface area contributed by atoms with Gasteiger partial charge in [-0.2, -0.15) is 0 Å². The Morgan fingerprint density at radius 1 is 1.32 bits per heavy atom. The third kappa shape index (κ3) is 3.03. The van der Waals surface area contributed by atoms with Crippen LogP contribution in [0.4, 0.5) is 5.82 Å². The van der Waals surface area contributed by atoms with Crippen molar-refractivity contribution in [3.8, 4) is 0 Å². The molecular formula is C14H16ClN3O. The van der Waals surface area contributed by atoms with Crippen molar-refractivity contribution in [1.29, 1.82) is 0 Å². The van der Waals surface area contributed by atoms with Crippen molar-refractivity contribution >= 4 is 17.4 Å². The summed E-state index contributed by atoms with van der Waals surface area (Å²) < 4.78 is 0. The summed E-state index contributed by atoms with van der Waals surface area (Å²) in [5, 5.41) is 13.1. The van der Waals surface area contributed by atoms with Crippen LogP contribution >= 0.6 is 11.6 Å². The van der Waals surface area contributed by atoms with Crippen LogP contribution in [-0.4, -0.2) is 21.7 Å². The van der Waals surface area contributed by atoms with Gasteiger partial charge >= 0.3 is 0 Å². The molecule has 1 atom stereocenters. The number of hydrogen-bond donors (Lipinski definition) is 2. The van der Waals surface area contributed by atoms with E-state index in [9.17, 15) is 5.11 Å². The van der Waals surface area contributed by atoms with Crippen molar-refractivity contribution in [3.63, 3.8) is 0 Å². The number of halogens is 1. The monoisotopic (exact) mass is 277 g/mol. The summed E-state index contributed by atoms with van der Waals surface area (Å²) >= 11 is 5.81. The van der Waals surface area contributed by atoms with Crippen LogP contribution in [0.1, 0.15) is 18.1 Å². The minimum absolute atomic E-state index is 0.0575. The normalized spacial score (nSPS) is 13.9. The standard InChI is InChI=1S/C14H16ClN3O/c1-10-8-16-13(15)17-12(10)18-14(2,9-19)11-6-4-3-5-7-11/h3-8,19H,9H2,1-2H3,(H,16,17,18). The van der Waals surface area contributed by atoms with Crippen molar-refractivity contribution in [2.24, 2.45) is 0 Å². The van der Waals surface area contributed by atoms with Gasteiger partial charge < -0.3 is 10.4 Å². The first-order valence-corrected chi connectivity index (χ1v) is 6.37. The minimum Gasteiger partial charge on any atom is -0.394 e. The molecule has 4 nitrogen and oxygen atoms in total. The molecule has 5 heteroatoms. The van der Waals surface area contributed by atoms with Crippen molar-refractivity contribution in [2.45, 2.75) is 19.4 Å². The van der Waals surface area contributed by atoms with Gasteiger partial charge in [0.15, 0.2) is 0 Å². The molecule has 0 amide bonds. The lowest BCUT2D eigenvalue weighted by molar-refractivity contribution is 0.223. The van der Waals surface area contributed by atoms with Gasteiger partial charge in [0.2, 0.25) is 5.28 Å². The zero-order valence-corrected chi connectivity index (χ0v) is 11.6. The Morgan fingerprint density at radius 3 is 2.63 bits per heavy atom. The van der Waals surface area contributed by atoms with E-state index in [2.05, 4.69) is 15.3 Å². The molecule has 1 unspecified atom stereocenters. The highest BCUT2D eigenvalue weighted by atomic mass is 35.5. The fraction of sp³-hybridized carbons (Fsp3) is 0.286. The molecule has 2 N–H and O–H groups in total. The number of nitrogens with one attached hydrogen (secondary N) is 1. The lowest BCUT2D eigenvalue weighted by Crippen LogP contribution is -2.36. The van der Waals surface area contributed by atoms with Crippen LogP contribution in [0.25, 0.3) is 0 Å². The summed E-state index contributed by atoms with van der Waals surface area (Å²) in [7, 11) is 0. The van der Waals surface area contributed by atoms with Gasteiger partial charge in [-0.1, -0.05) is 30.3 Å². The first-order valence-electron chi connectivity index (χ1n) is 5.99. The molecule has 100 valence electrons. The van der Waals surface area contributed by atoms with E-state index in [-0.39, 0.29) is 11.9 Å². The lowest BCUT2D eigenvalue weighted by atomic mass is 9.93. The number of aliphatic hydroxyl groups excluding tert-OH is 1. The molecule has 0 radical (unpaired) electrons. The Kier molecular flexibility index (Phi) is 4.02. The highest BCUT2D eigenvalue weighted by Gasteiger charge is 2.26. The fourth-order valence-electron chi connectivity index (χ4n) is 1.82. The minimum atomic E-state index is -0.621. The number of aliphatic hydroxyl groups is 1. The van der Waals surface area contributed by atoms with Gasteiger partial charge in [-0.25, -0.2) is 9.97 Å². The highest BCUT2D eigenvalue weighted by Crippen LogP contribution is 2.26. The van der Waals surface area contributed by atoms with Gasteiger partial charge in [0.25, 0.3) is 0 Å². The van der Waals surface area contributed by atoms with Gasteiger partial charge in [-0.3, -0.25) is 0 Å². The molecule has 1 aromatic carbocycles. The maximum Gasteiger partial charge on any atom is 0.224 e. The molecule has 0 bridgehead atoms. The van der Waals surface area contributed by atoms with Crippen LogP contribution in [0.3, 0.4) is 0 Å². The number of hydrogen-bond acceptors (Lipinski definition) is 4. The van der Waals surface area contributed by atoms with E-state index in [4.69, 9.17) is 11.6 Å². The molecule has 19 heavy (non-hydrogen) atoms. The average Bonchev–Trinajstić information content (AvgIpc) is 2.44. The van der Waals surface area contributed by atoms with Crippen molar-refractivity contribution in [3.05, 3.63) is 52.9 Å². The maximum absolute atomic E-state index is 9.72. The summed E-state index contributed by atoms with van der Waals surface area (Å²) in [4.78, 5) is 8.08. The first-order chi connectivity index (χ1) is 9.05. The van der Waals surface area contributed by atoms with Gasteiger partial charge in [-0.05, 0) is 31.0 Å². The first kappa shape index (κ1) is 13.8. The molecule has 0 aliphatic carbocycles. The number of nitrogens with zero attached hydrogens (tertiary/aromatic N) is 2. The topological polar surface area (TPSA) is 58.0 Å². The Balaban J connectivity index is 2.36. The van der Waals surface area contributed by atoms with Crippen molar-refractivity contribution < 1.29 is 5.11 Å². The smallest absolute Gasteiger partial charge is 0.224 e. The molecule has 0 fully saturated rings. The zero-order valence-electron chi connectivity index (χ0n) is 10.9. The number of rotatable bonds is 4. The maximum atomic E-state index is 9.72. The molecule has 0 spiro atoms. The van der Waals surface area contributed by atoms with E-state index in [0.29, 0.717) is 5.82 Å². The van der Waals surface area contributed by atoms with E-state index in [1.807, 2.05) is 44.2 Å². The second-order valence-electron chi connectivity index (χ2n) is 4.65.